The zero-order valence-corrected chi connectivity index (χ0v) is 9.95. The smallest absolute Gasteiger partial charge is 0.318 e. The maximum absolute atomic E-state index is 5.24. The molecule has 0 bridgehead atoms. The molecule has 0 fully saturated rings. The van der Waals surface area contributed by atoms with E-state index in [1.807, 2.05) is 24.5 Å². The molecule has 1 aromatic carbocycles. The first-order valence-corrected chi connectivity index (χ1v) is 5.92. The number of methoxy groups -OCH3 is 1. The lowest BCUT2D eigenvalue weighted by Gasteiger charge is -1.99. The molecule has 0 aliphatic carbocycles. The average Bonchev–Trinajstić information content (AvgIpc) is 2.70. The molecule has 2 rings (SSSR count). The van der Waals surface area contributed by atoms with Crippen molar-refractivity contribution in [2.45, 2.75) is 0 Å². The molecule has 0 N–H and O–H groups in total. The normalized spacial score (nSPS) is 10.5. The number of nitrogens with zero attached hydrogens (tertiary/aromatic N) is 1. The van der Waals surface area contributed by atoms with E-state index >= 15 is 0 Å². The Morgan fingerprint density at radius 1 is 1.53 bits per heavy atom. The molecular weight excluding hydrogens is 230 g/mol. The van der Waals surface area contributed by atoms with E-state index < -0.39 is 0 Å². The average molecular weight is 239 g/mol. The molecule has 1 heterocycles. The summed E-state index contributed by atoms with van der Waals surface area (Å²) in [6, 6.07) is 5.75. The highest BCUT2D eigenvalue weighted by atomic mass is 32.2. The molecule has 0 saturated heterocycles. The van der Waals surface area contributed by atoms with E-state index in [2.05, 4.69) is 5.16 Å². The molecule has 0 unspecified atom stereocenters. The fourth-order valence-corrected chi connectivity index (χ4v) is 1.91. The Morgan fingerprint density at radius 2 is 2.33 bits per heavy atom. The van der Waals surface area contributed by atoms with Gasteiger partial charge in [-0.3, -0.25) is 0 Å². The summed E-state index contributed by atoms with van der Waals surface area (Å²) in [7, 11) is 1.56. The first-order valence-electron chi connectivity index (χ1n) is 4.28. The SMILES string of the molecule is COc1onc2c(C(=S)SC)cccc12. The van der Waals surface area contributed by atoms with Gasteiger partial charge in [-0.1, -0.05) is 29.5 Å². The monoisotopic (exact) mass is 239 g/mol. The highest BCUT2D eigenvalue weighted by molar-refractivity contribution is 8.23. The maximum Gasteiger partial charge on any atom is 0.318 e. The van der Waals surface area contributed by atoms with Crippen molar-refractivity contribution < 1.29 is 9.26 Å². The molecule has 0 radical (unpaired) electrons. The molecule has 78 valence electrons. The van der Waals surface area contributed by atoms with Crippen LogP contribution in [0.4, 0.5) is 0 Å². The van der Waals surface area contributed by atoms with E-state index in [0.717, 1.165) is 20.7 Å². The molecule has 0 spiro atoms. The molecule has 0 aliphatic heterocycles. The maximum atomic E-state index is 5.24. The van der Waals surface area contributed by atoms with Crippen molar-refractivity contribution >= 4 is 39.1 Å². The molecule has 15 heavy (non-hydrogen) atoms. The van der Waals surface area contributed by atoms with Crippen LogP contribution in [0.25, 0.3) is 10.9 Å². The summed E-state index contributed by atoms with van der Waals surface area (Å²) >= 11 is 6.75. The Hall–Kier alpha value is -1.07. The lowest BCUT2D eigenvalue weighted by molar-refractivity contribution is 0.266. The molecule has 0 atom stereocenters. The number of rotatable bonds is 2. The summed E-state index contributed by atoms with van der Waals surface area (Å²) in [5, 5.41) is 4.81. The first-order chi connectivity index (χ1) is 7.27. The standard InChI is InChI=1S/C10H9NO2S2/c1-12-9-6-4-3-5-7(10(14)15-2)8(6)11-13-9/h3-5H,1-2H3. The second kappa shape index (κ2) is 4.20. The lowest BCUT2D eigenvalue weighted by Crippen LogP contribution is -1.91. The van der Waals surface area contributed by atoms with E-state index in [9.17, 15) is 0 Å². The van der Waals surface area contributed by atoms with Gasteiger partial charge < -0.3 is 9.26 Å². The fraction of sp³-hybridized carbons (Fsp3) is 0.200. The second-order valence-corrected chi connectivity index (χ2v) is 4.35. The third-order valence-corrected chi connectivity index (χ3v) is 3.38. The van der Waals surface area contributed by atoms with E-state index in [1.165, 1.54) is 11.8 Å². The summed E-state index contributed by atoms with van der Waals surface area (Å²) in [6.45, 7) is 0. The van der Waals surface area contributed by atoms with Crippen LogP contribution in [0.1, 0.15) is 5.56 Å². The zero-order valence-electron chi connectivity index (χ0n) is 8.31. The third-order valence-electron chi connectivity index (χ3n) is 2.07. The van der Waals surface area contributed by atoms with Crippen LogP contribution >= 0.6 is 24.0 Å². The van der Waals surface area contributed by atoms with Gasteiger partial charge in [-0.2, -0.15) is 0 Å². The topological polar surface area (TPSA) is 35.3 Å². The van der Waals surface area contributed by atoms with Crippen LogP contribution < -0.4 is 4.74 Å². The van der Waals surface area contributed by atoms with Crippen LogP contribution in [0, 0.1) is 0 Å². The number of thiocarbonyl (C=S) groups is 1. The molecule has 2 aromatic rings. The van der Waals surface area contributed by atoms with Crippen LogP contribution in [-0.4, -0.2) is 22.7 Å². The lowest BCUT2D eigenvalue weighted by atomic mass is 10.2. The summed E-state index contributed by atoms with van der Waals surface area (Å²) in [5.74, 6) is 0.427. The number of thioether (sulfide) groups is 1. The third kappa shape index (κ3) is 1.72. The molecular formula is C10H9NO2S2. The first kappa shape index (κ1) is 10.4. The number of benzene rings is 1. The van der Waals surface area contributed by atoms with Crippen LogP contribution in [0.3, 0.4) is 0 Å². The molecule has 5 heteroatoms. The Morgan fingerprint density at radius 3 is 3.00 bits per heavy atom. The Bertz CT molecular complexity index is 507. The van der Waals surface area contributed by atoms with Gasteiger partial charge in [0, 0.05) is 5.56 Å². The van der Waals surface area contributed by atoms with Crippen LogP contribution in [0.2, 0.25) is 0 Å². The zero-order chi connectivity index (χ0) is 10.8. The number of hydrogen-bond donors (Lipinski definition) is 0. The van der Waals surface area contributed by atoms with E-state index in [1.54, 1.807) is 7.11 Å². The minimum absolute atomic E-state index is 0.427. The number of ether oxygens (including phenoxy) is 1. The highest BCUT2D eigenvalue weighted by Crippen LogP contribution is 2.29. The van der Waals surface area contributed by atoms with Gasteiger partial charge in [0.2, 0.25) is 0 Å². The van der Waals surface area contributed by atoms with Gasteiger partial charge in [0.05, 0.1) is 16.7 Å². The summed E-state index contributed by atoms with van der Waals surface area (Å²) in [4.78, 5) is 0. The largest absolute Gasteiger partial charge is 0.467 e. The summed E-state index contributed by atoms with van der Waals surface area (Å²) in [6.07, 6.45) is 1.94. The molecule has 0 amide bonds. The number of hydrogen-bond acceptors (Lipinski definition) is 5. The van der Waals surface area contributed by atoms with E-state index in [0.29, 0.717) is 5.95 Å². The molecule has 1 aromatic heterocycles. The van der Waals surface area contributed by atoms with Crippen molar-refractivity contribution in [1.29, 1.82) is 0 Å². The number of fused-ring (bicyclic) bond motifs is 1. The second-order valence-electron chi connectivity index (χ2n) is 2.87. The van der Waals surface area contributed by atoms with Gasteiger partial charge >= 0.3 is 5.95 Å². The van der Waals surface area contributed by atoms with E-state index in [4.69, 9.17) is 21.5 Å². The molecule has 0 saturated carbocycles. The van der Waals surface area contributed by atoms with Gasteiger partial charge in [0.1, 0.15) is 5.52 Å². The van der Waals surface area contributed by atoms with Crippen molar-refractivity contribution in [1.82, 2.24) is 5.16 Å². The highest BCUT2D eigenvalue weighted by Gasteiger charge is 2.13. The van der Waals surface area contributed by atoms with Crippen LogP contribution in [-0.2, 0) is 0 Å². The minimum atomic E-state index is 0.427. The quantitative estimate of drug-likeness (QED) is 0.753. The minimum Gasteiger partial charge on any atom is -0.467 e. The van der Waals surface area contributed by atoms with Crippen molar-refractivity contribution in [3.63, 3.8) is 0 Å². The van der Waals surface area contributed by atoms with Crippen molar-refractivity contribution in [3.05, 3.63) is 23.8 Å². The Balaban J connectivity index is 2.67. The molecule has 3 nitrogen and oxygen atoms in total. The van der Waals surface area contributed by atoms with Crippen LogP contribution in [0.15, 0.2) is 22.7 Å². The van der Waals surface area contributed by atoms with Crippen molar-refractivity contribution in [2.24, 2.45) is 0 Å². The van der Waals surface area contributed by atoms with Crippen LogP contribution in [0.5, 0.6) is 5.95 Å². The van der Waals surface area contributed by atoms with Gasteiger partial charge in [0.15, 0.2) is 0 Å². The molecule has 0 aliphatic rings. The Labute approximate surface area is 96.8 Å². The van der Waals surface area contributed by atoms with Gasteiger partial charge in [-0.05, 0) is 12.3 Å². The van der Waals surface area contributed by atoms with Gasteiger partial charge in [-0.15, -0.1) is 11.8 Å². The van der Waals surface area contributed by atoms with Crippen molar-refractivity contribution in [2.75, 3.05) is 13.4 Å². The predicted octanol–water partition coefficient (Wildman–Crippen LogP) is 2.87. The van der Waals surface area contributed by atoms with E-state index in [-0.39, 0.29) is 0 Å². The Kier molecular flexibility index (Phi) is 2.93. The van der Waals surface area contributed by atoms with Gasteiger partial charge in [-0.25, -0.2) is 0 Å². The summed E-state index contributed by atoms with van der Waals surface area (Å²) < 4.78 is 10.9. The fourth-order valence-electron chi connectivity index (χ4n) is 1.36. The van der Waals surface area contributed by atoms with Crippen molar-refractivity contribution in [3.8, 4) is 5.95 Å². The van der Waals surface area contributed by atoms with Gasteiger partial charge in [0.25, 0.3) is 0 Å². The predicted molar refractivity (Wildman–Crippen MR) is 65.8 cm³/mol. The summed E-state index contributed by atoms with van der Waals surface area (Å²) in [5.41, 5.74) is 1.68. The number of aromatic nitrogens is 1.